The van der Waals surface area contributed by atoms with Crippen molar-refractivity contribution in [3.63, 3.8) is 0 Å². The van der Waals surface area contributed by atoms with E-state index in [1.165, 1.54) is 0 Å². The first kappa shape index (κ1) is 14.1. The summed E-state index contributed by atoms with van der Waals surface area (Å²) in [5, 5.41) is 1.20. The van der Waals surface area contributed by atoms with E-state index in [2.05, 4.69) is 31.9 Å². The van der Waals surface area contributed by atoms with E-state index in [1.54, 1.807) is 6.92 Å². The number of phosphoric ester groups is 1. The van der Waals surface area contributed by atoms with Crippen LogP contribution in [0.15, 0.2) is 0 Å². The summed E-state index contributed by atoms with van der Waals surface area (Å²) < 4.78 is 26.5. The van der Waals surface area contributed by atoms with Gasteiger partial charge in [-0.3, -0.25) is 13.6 Å². The molecule has 0 N–H and O–H groups in total. The monoisotopic (exact) mass is 338 g/mol. The highest BCUT2D eigenvalue weighted by atomic mass is 79.9. The lowest BCUT2D eigenvalue weighted by molar-refractivity contribution is 0.128. The Balaban J connectivity index is 3.92. The summed E-state index contributed by atoms with van der Waals surface area (Å²) >= 11 is 6.31. The summed E-state index contributed by atoms with van der Waals surface area (Å²) in [5.74, 6) is 0. The Morgan fingerprint density at radius 2 is 1.54 bits per heavy atom. The number of rotatable bonds is 8. The smallest absolute Gasteiger partial charge is 0.287 e. The lowest BCUT2D eigenvalue weighted by Crippen LogP contribution is -2.03. The van der Waals surface area contributed by atoms with Crippen molar-refractivity contribution in [2.24, 2.45) is 0 Å². The van der Waals surface area contributed by atoms with Crippen LogP contribution in [-0.4, -0.2) is 30.5 Å². The van der Waals surface area contributed by atoms with Crippen molar-refractivity contribution in [2.75, 3.05) is 30.5 Å². The molecule has 0 aliphatic heterocycles. The zero-order chi connectivity index (χ0) is 10.2. The van der Waals surface area contributed by atoms with E-state index in [4.69, 9.17) is 13.6 Å². The van der Waals surface area contributed by atoms with E-state index in [0.29, 0.717) is 30.5 Å². The molecular formula is C6H13Br2O4P. The van der Waals surface area contributed by atoms with Gasteiger partial charge in [-0.1, -0.05) is 31.9 Å². The maximum Gasteiger partial charge on any atom is 0.474 e. The minimum Gasteiger partial charge on any atom is -0.287 e. The average molecular weight is 340 g/mol. The van der Waals surface area contributed by atoms with E-state index in [9.17, 15) is 4.57 Å². The fourth-order valence-corrected chi connectivity index (χ4v) is 2.56. The van der Waals surface area contributed by atoms with Gasteiger partial charge >= 0.3 is 7.82 Å². The molecule has 0 rings (SSSR count). The molecule has 0 aliphatic carbocycles. The molecule has 0 radical (unpaired) electrons. The molecular weight excluding hydrogens is 327 g/mol. The van der Waals surface area contributed by atoms with Crippen LogP contribution in [0.4, 0.5) is 0 Å². The van der Waals surface area contributed by atoms with Crippen LogP contribution in [0.1, 0.15) is 6.92 Å². The first-order chi connectivity index (χ1) is 6.18. The molecule has 0 bridgehead atoms. The highest BCUT2D eigenvalue weighted by Crippen LogP contribution is 2.49. The van der Waals surface area contributed by atoms with Crippen LogP contribution in [-0.2, 0) is 18.1 Å². The number of halogens is 2. The van der Waals surface area contributed by atoms with E-state index < -0.39 is 7.82 Å². The van der Waals surface area contributed by atoms with Gasteiger partial charge in [-0.15, -0.1) is 0 Å². The summed E-state index contributed by atoms with van der Waals surface area (Å²) in [4.78, 5) is 0. The SMILES string of the molecule is CCOP(=O)(OCCBr)OCCBr. The van der Waals surface area contributed by atoms with Gasteiger partial charge < -0.3 is 0 Å². The molecule has 0 saturated carbocycles. The lowest BCUT2D eigenvalue weighted by atomic mass is 10.9. The molecule has 80 valence electrons. The number of phosphoric acid groups is 1. The van der Waals surface area contributed by atoms with Crippen LogP contribution in [0.3, 0.4) is 0 Å². The van der Waals surface area contributed by atoms with Gasteiger partial charge in [-0.2, -0.15) is 0 Å². The Bertz CT molecular complexity index is 155. The Hall–Kier alpha value is 1.07. The highest BCUT2D eigenvalue weighted by molar-refractivity contribution is 9.09. The molecule has 0 aromatic carbocycles. The third-order valence-electron chi connectivity index (χ3n) is 0.940. The van der Waals surface area contributed by atoms with Crippen molar-refractivity contribution in [3.8, 4) is 0 Å². The van der Waals surface area contributed by atoms with Crippen LogP contribution < -0.4 is 0 Å². The third kappa shape index (κ3) is 7.05. The van der Waals surface area contributed by atoms with Gasteiger partial charge in [0.1, 0.15) is 0 Å². The summed E-state index contributed by atoms with van der Waals surface area (Å²) in [6.07, 6.45) is 0. The average Bonchev–Trinajstić information content (AvgIpc) is 2.12. The molecule has 0 aromatic heterocycles. The van der Waals surface area contributed by atoms with E-state index in [0.717, 1.165) is 0 Å². The van der Waals surface area contributed by atoms with Crippen molar-refractivity contribution in [3.05, 3.63) is 0 Å². The Kier molecular flexibility index (Phi) is 9.07. The van der Waals surface area contributed by atoms with Crippen LogP contribution in [0, 0.1) is 0 Å². The second-order valence-electron chi connectivity index (χ2n) is 1.91. The third-order valence-corrected chi connectivity index (χ3v) is 3.16. The molecule has 0 atom stereocenters. The molecule has 0 spiro atoms. The Labute approximate surface area is 95.2 Å². The topological polar surface area (TPSA) is 44.8 Å². The maximum absolute atomic E-state index is 11.6. The molecule has 0 aromatic rings. The van der Waals surface area contributed by atoms with Crippen LogP contribution in [0.25, 0.3) is 0 Å². The lowest BCUT2D eigenvalue weighted by Gasteiger charge is -2.15. The van der Waals surface area contributed by atoms with Gasteiger partial charge in [0.25, 0.3) is 0 Å². The highest BCUT2D eigenvalue weighted by Gasteiger charge is 2.24. The van der Waals surface area contributed by atoms with Crippen molar-refractivity contribution in [1.29, 1.82) is 0 Å². The van der Waals surface area contributed by atoms with Gasteiger partial charge in [0.15, 0.2) is 0 Å². The van der Waals surface area contributed by atoms with E-state index >= 15 is 0 Å². The molecule has 4 nitrogen and oxygen atoms in total. The van der Waals surface area contributed by atoms with E-state index in [-0.39, 0.29) is 0 Å². The van der Waals surface area contributed by atoms with Gasteiger partial charge in [0, 0.05) is 10.7 Å². The first-order valence-electron chi connectivity index (χ1n) is 3.84. The van der Waals surface area contributed by atoms with Gasteiger partial charge in [0.2, 0.25) is 0 Å². The Morgan fingerprint density at radius 3 is 1.85 bits per heavy atom. The minimum atomic E-state index is -3.31. The maximum atomic E-state index is 11.6. The minimum absolute atomic E-state index is 0.305. The van der Waals surface area contributed by atoms with Crippen molar-refractivity contribution in [2.45, 2.75) is 6.92 Å². The predicted octanol–water partition coefficient (Wildman–Crippen LogP) is 2.95. The molecule has 13 heavy (non-hydrogen) atoms. The van der Waals surface area contributed by atoms with Crippen LogP contribution in [0.2, 0.25) is 0 Å². The summed E-state index contributed by atoms with van der Waals surface area (Å²) in [5.41, 5.74) is 0. The van der Waals surface area contributed by atoms with Crippen LogP contribution >= 0.6 is 39.7 Å². The molecule has 0 unspecified atom stereocenters. The second-order valence-corrected chi connectivity index (χ2v) is 5.16. The number of hydrogen-bond acceptors (Lipinski definition) is 4. The molecule has 0 saturated heterocycles. The fourth-order valence-electron chi connectivity index (χ4n) is 0.563. The Morgan fingerprint density at radius 1 is 1.08 bits per heavy atom. The standard InChI is InChI=1S/C6H13Br2O4P/c1-2-10-13(9,11-5-3-7)12-6-4-8/h2-6H2,1H3. The van der Waals surface area contributed by atoms with Crippen molar-refractivity contribution in [1.82, 2.24) is 0 Å². The number of hydrogen-bond donors (Lipinski definition) is 0. The normalized spacial score (nSPS) is 11.9. The number of alkyl halides is 2. The van der Waals surface area contributed by atoms with Gasteiger partial charge in [-0.05, 0) is 6.92 Å². The first-order valence-corrected chi connectivity index (χ1v) is 7.54. The molecule has 0 heterocycles. The van der Waals surface area contributed by atoms with Gasteiger partial charge in [0.05, 0.1) is 19.8 Å². The fraction of sp³-hybridized carbons (Fsp3) is 1.00. The molecule has 7 heteroatoms. The second kappa shape index (κ2) is 8.38. The summed E-state index contributed by atoms with van der Waals surface area (Å²) in [6, 6.07) is 0. The predicted molar refractivity (Wildman–Crippen MR) is 58.7 cm³/mol. The zero-order valence-corrected chi connectivity index (χ0v) is 11.4. The van der Waals surface area contributed by atoms with Crippen molar-refractivity contribution >= 4 is 39.7 Å². The van der Waals surface area contributed by atoms with E-state index in [1.807, 2.05) is 0 Å². The summed E-state index contributed by atoms with van der Waals surface area (Å²) in [7, 11) is -3.31. The van der Waals surface area contributed by atoms with Gasteiger partial charge in [-0.25, -0.2) is 4.57 Å². The summed E-state index contributed by atoms with van der Waals surface area (Å²) in [6.45, 7) is 2.66. The zero-order valence-electron chi connectivity index (χ0n) is 7.37. The van der Waals surface area contributed by atoms with Crippen LogP contribution in [0.5, 0.6) is 0 Å². The largest absolute Gasteiger partial charge is 0.474 e. The molecule has 0 amide bonds. The van der Waals surface area contributed by atoms with Crippen molar-refractivity contribution < 1.29 is 18.1 Å². The quantitative estimate of drug-likeness (QED) is 0.504. The molecule has 0 aliphatic rings. The molecule has 0 fully saturated rings.